The number of amides is 2. The molecule has 0 heterocycles. The first-order chi connectivity index (χ1) is 12.4. The van der Waals surface area contributed by atoms with Crippen LogP contribution >= 0.6 is 0 Å². The fraction of sp³-hybridized carbons (Fsp3) is 0.571. The Morgan fingerprint density at radius 2 is 1.15 bits per heavy atom. The van der Waals surface area contributed by atoms with Crippen LogP contribution in [0.5, 0.6) is 0 Å². The summed E-state index contributed by atoms with van der Waals surface area (Å²) in [4.78, 5) is 68.4. The number of carboxylic acid groups (broad SMARTS) is 4. The van der Waals surface area contributed by atoms with Gasteiger partial charge in [-0.2, -0.15) is 0 Å². The van der Waals surface area contributed by atoms with Crippen LogP contribution < -0.4 is 11.5 Å². The number of carboxylic acids is 4. The first-order valence-electron chi connectivity index (χ1n) is 7.64. The Labute approximate surface area is 152 Å². The van der Waals surface area contributed by atoms with Crippen molar-refractivity contribution in [3.8, 4) is 0 Å². The highest BCUT2D eigenvalue weighted by Gasteiger charge is 2.39. The topological polar surface area (TPSA) is 239 Å². The highest BCUT2D eigenvalue weighted by molar-refractivity contribution is 6.04. The van der Waals surface area contributed by atoms with Gasteiger partial charge < -0.3 is 31.9 Å². The van der Waals surface area contributed by atoms with Crippen molar-refractivity contribution in [2.45, 2.75) is 50.2 Å². The van der Waals surface area contributed by atoms with Gasteiger partial charge in [0.15, 0.2) is 0 Å². The number of rotatable bonds is 12. The fourth-order valence-corrected chi connectivity index (χ4v) is 2.07. The van der Waals surface area contributed by atoms with Crippen molar-refractivity contribution in [1.82, 2.24) is 4.90 Å². The van der Waals surface area contributed by atoms with Gasteiger partial charge >= 0.3 is 23.9 Å². The molecule has 0 rings (SSSR count). The van der Waals surface area contributed by atoms with Crippen LogP contribution in [0.25, 0.3) is 0 Å². The molecule has 27 heavy (non-hydrogen) atoms. The van der Waals surface area contributed by atoms with Gasteiger partial charge in [0.2, 0.25) is 11.8 Å². The number of imide groups is 1. The van der Waals surface area contributed by atoms with Crippen LogP contribution in [0.1, 0.15) is 32.1 Å². The number of carbonyl (C=O) groups is 6. The number of hydrogen-bond acceptors (Lipinski definition) is 8. The predicted molar refractivity (Wildman–Crippen MR) is 85.2 cm³/mol. The minimum atomic E-state index is -1.96. The maximum atomic E-state index is 12.5. The second kappa shape index (κ2) is 10.8. The van der Waals surface area contributed by atoms with E-state index in [4.69, 9.17) is 26.8 Å². The van der Waals surface area contributed by atoms with Crippen molar-refractivity contribution >= 4 is 35.7 Å². The van der Waals surface area contributed by atoms with Crippen LogP contribution in [0.2, 0.25) is 0 Å². The number of hydrogen-bond donors (Lipinski definition) is 6. The van der Waals surface area contributed by atoms with Gasteiger partial charge in [-0.1, -0.05) is 0 Å². The lowest BCUT2D eigenvalue weighted by Crippen LogP contribution is -2.58. The number of nitrogens with zero attached hydrogens (tertiary/aromatic N) is 1. The van der Waals surface area contributed by atoms with Gasteiger partial charge in [-0.3, -0.25) is 28.9 Å². The predicted octanol–water partition coefficient (Wildman–Crippen LogP) is -2.35. The average Bonchev–Trinajstić information content (AvgIpc) is 2.53. The number of aliphatic carboxylic acids is 4. The summed E-state index contributed by atoms with van der Waals surface area (Å²) in [6, 6.07) is -5.34. The molecule has 0 saturated heterocycles. The van der Waals surface area contributed by atoms with E-state index in [2.05, 4.69) is 0 Å². The van der Waals surface area contributed by atoms with Gasteiger partial charge in [0.25, 0.3) is 0 Å². The van der Waals surface area contributed by atoms with Crippen LogP contribution in [-0.2, 0) is 28.8 Å². The Hall–Kier alpha value is -3.06. The molecule has 13 heteroatoms. The molecule has 0 aliphatic carbocycles. The quantitative estimate of drug-likeness (QED) is 0.205. The maximum absolute atomic E-state index is 12.5. The zero-order valence-electron chi connectivity index (χ0n) is 14.1. The Bertz CT molecular complexity index is 620. The first-order valence-corrected chi connectivity index (χ1v) is 7.64. The van der Waals surface area contributed by atoms with Crippen molar-refractivity contribution in [3.05, 3.63) is 0 Å². The molecule has 3 atom stereocenters. The van der Waals surface area contributed by atoms with Crippen molar-refractivity contribution in [2.24, 2.45) is 11.5 Å². The van der Waals surface area contributed by atoms with Crippen LogP contribution in [-0.4, -0.2) is 79.1 Å². The number of carbonyl (C=O) groups excluding carboxylic acids is 2. The molecule has 13 nitrogen and oxygen atoms in total. The molecular weight excluding hydrogens is 370 g/mol. The van der Waals surface area contributed by atoms with E-state index >= 15 is 0 Å². The Morgan fingerprint density at radius 1 is 0.704 bits per heavy atom. The minimum absolute atomic E-state index is 0.116. The second-order valence-corrected chi connectivity index (χ2v) is 5.58. The average molecular weight is 391 g/mol. The molecule has 3 unspecified atom stereocenters. The lowest BCUT2D eigenvalue weighted by Gasteiger charge is -2.30. The van der Waals surface area contributed by atoms with E-state index in [9.17, 15) is 33.9 Å². The molecule has 0 spiro atoms. The zero-order valence-corrected chi connectivity index (χ0v) is 14.1. The van der Waals surface area contributed by atoms with E-state index in [1.165, 1.54) is 0 Å². The third kappa shape index (κ3) is 8.24. The maximum Gasteiger partial charge on any atom is 0.326 e. The summed E-state index contributed by atoms with van der Waals surface area (Å²) in [6.07, 6.45) is -3.29. The zero-order chi connectivity index (χ0) is 21.3. The summed E-state index contributed by atoms with van der Waals surface area (Å²) >= 11 is 0. The van der Waals surface area contributed by atoms with E-state index in [1.54, 1.807) is 0 Å². The smallest absolute Gasteiger partial charge is 0.326 e. The molecule has 0 bridgehead atoms. The standard InChI is InChI=1S/C14H21N3O10/c15-6(1-3-9(18)19)12(24)17(13(25)7(16)5-11(22)23)8(14(26)27)2-4-10(20)21/h6-8H,1-5,15-16H2,(H,18,19)(H,20,21)(H,22,23)(H,26,27). The Morgan fingerprint density at radius 3 is 1.56 bits per heavy atom. The molecule has 0 aromatic heterocycles. The van der Waals surface area contributed by atoms with Gasteiger partial charge in [-0.05, 0) is 12.8 Å². The van der Waals surface area contributed by atoms with Gasteiger partial charge in [-0.15, -0.1) is 0 Å². The summed E-state index contributed by atoms with van der Waals surface area (Å²) in [6.45, 7) is 0. The molecule has 0 saturated carbocycles. The molecule has 2 amide bonds. The van der Waals surface area contributed by atoms with Gasteiger partial charge in [0.1, 0.15) is 6.04 Å². The van der Waals surface area contributed by atoms with Crippen LogP contribution in [0, 0.1) is 0 Å². The second-order valence-electron chi connectivity index (χ2n) is 5.58. The summed E-state index contributed by atoms with van der Waals surface area (Å²) in [7, 11) is 0. The number of nitrogens with two attached hydrogens (primary N) is 2. The highest BCUT2D eigenvalue weighted by Crippen LogP contribution is 2.14. The Kier molecular flexibility index (Phi) is 9.60. The van der Waals surface area contributed by atoms with E-state index in [0.717, 1.165) is 0 Å². The largest absolute Gasteiger partial charge is 0.481 e. The molecule has 152 valence electrons. The molecule has 0 aliphatic heterocycles. The summed E-state index contributed by atoms with van der Waals surface area (Å²) in [5.74, 6) is -8.57. The van der Waals surface area contributed by atoms with E-state index in [-0.39, 0.29) is 4.90 Å². The third-order valence-corrected chi connectivity index (χ3v) is 3.40. The lowest BCUT2D eigenvalue weighted by atomic mass is 10.0. The van der Waals surface area contributed by atoms with Crippen molar-refractivity contribution < 1.29 is 49.2 Å². The SMILES string of the molecule is NC(CCC(=O)O)C(=O)N(C(=O)C(N)CC(=O)O)C(CCC(=O)O)C(=O)O. The van der Waals surface area contributed by atoms with Crippen LogP contribution in [0.4, 0.5) is 0 Å². The van der Waals surface area contributed by atoms with Crippen molar-refractivity contribution in [3.63, 3.8) is 0 Å². The Balaban J connectivity index is 5.74. The summed E-state index contributed by atoms with van der Waals surface area (Å²) in [5, 5.41) is 35.3. The van der Waals surface area contributed by atoms with Crippen molar-refractivity contribution in [2.75, 3.05) is 0 Å². The first kappa shape index (κ1) is 23.9. The van der Waals surface area contributed by atoms with Gasteiger partial charge in [0, 0.05) is 12.8 Å². The molecule has 8 N–H and O–H groups in total. The van der Waals surface area contributed by atoms with Crippen LogP contribution in [0.3, 0.4) is 0 Å². The van der Waals surface area contributed by atoms with E-state index in [0.29, 0.717) is 0 Å². The van der Waals surface area contributed by atoms with Gasteiger partial charge in [0.05, 0.1) is 18.5 Å². The molecular formula is C14H21N3O10. The lowest BCUT2D eigenvalue weighted by molar-refractivity contribution is -0.161. The van der Waals surface area contributed by atoms with E-state index in [1.807, 2.05) is 0 Å². The van der Waals surface area contributed by atoms with E-state index < -0.39 is 85.9 Å². The third-order valence-electron chi connectivity index (χ3n) is 3.40. The normalized spacial score (nSPS) is 13.9. The molecule has 0 aromatic rings. The molecule has 0 radical (unpaired) electrons. The highest BCUT2D eigenvalue weighted by atomic mass is 16.4. The molecule has 0 fully saturated rings. The van der Waals surface area contributed by atoms with Crippen LogP contribution in [0.15, 0.2) is 0 Å². The molecule has 0 aromatic carbocycles. The monoisotopic (exact) mass is 391 g/mol. The fourth-order valence-electron chi connectivity index (χ4n) is 2.07. The molecule has 0 aliphatic rings. The summed E-state index contributed by atoms with van der Waals surface area (Å²) in [5.41, 5.74) is 10.9. The minimum Gasteiger partial charge on any atom is -0.481 e. The van der Waals surface area contributed by atoms with Gasteiger partial charge in [-0.25, -0.2) is 4.79 Å². The van der Waals surface area contributed by atoms with Crippen molar-refractivity contribution in [1.29, 1.82) is 0 Å². The summed E-state index contributed by atoms with van der Waals surface area (Å²) < 4.78 is 0.